The van der Waals surface area contributed by atoms with E-state index in [1.165, 1.54) is 13.2 Å². The zero-order valence-electron chi connectivity index (χ0n) is 10.4. The zero-order valence-corrected chi connectivity index (χ0v) is 10.4. The quantitative estimate of drug-likeness (QED) is 0.823. The Balaban J connectivity index is 2.29. The highest BCUT2D eigenvalue weighted by molar-refractivity contribution is 5.93. The number of rotatable bonds is 4. The van der Waals surface area contributed by atoms with Gasteiger partial charge >= 0.3 is 0 Å². The first kappa shape index (κ1) is 12.8. The van der Waals surface area contributed by atoms with Crippen LogP contribution in [0.1, 0.15) is 10.4 Å². The zero-order chi connectivity index (χ0) is 13.8. The monoisotopic (exact) mass is 258 g/mol. The molecule has 2 aromatic carbocycles. The van der Waals surface area contributed by atoms with Crippen LogP contribution in [0.4, 0.5) is 5.69 Å². The molecule has 19 heavy (non-hydrogen) atoms. The minimum Gasteiger partial charge on any atom is -0.493 e. The number of carbonyl (C=O) groups is 1. The summed E-state index contributed by atoms with van der Waals surface area (Å²) < 4.78 is 10.8. The maximum absolute atomic E-state index is 11.1. The van der Waals surface area contributed by atoms with Crippen molar-refractivity contribution in [2.75, 3.05) is 12.8 Å². The lowest BCUT2D eigenvalue weighted by Gasteiger charge is -2.11. The Morgan fingerprint density at radius 3 is 2.32 bits per heavy atom. The highest BCUT2D eigenvalue weighted by atomic mass is 16.5. The summed E-state index contributed by atoms with van der Waals surface area (Å²) >= 11 is 0. The number of methoxy groups -OCH3 is 1. The Labute approximate surface area is 110 Å². The van der Waals surface area contributed by atoms with Crippen molar-refractivity contribution in [2.45, 2.75) is 0 Å². The highest BCUT2D eigenvalue weighted by Gasteiger charge is 2.09. The molecule has 0 bridgehead atoms. The minimum absolute atomic E-state index is 0.363. The smallest absolute Gasteiger partial charge is 0.248 e. The average Bonchev–Trinajstić information content (AvgIpc) is 2.41. The highest BCUT2D eigenvalue weighted by Crippen LogP contribution is 2.32. The number of primary amides is 1. The van der Waals surface area contributed by atoms with Gasteiger partial charge in [-0.3, -0.25) is 4.79 Å². The number of anilines is 1. The lowest BCUT2D eigenvalue weighted by molar-refractivity contribution is 0.1000. The van der Waals surface area contributed by atoms with Crippen LogP contribution in [0.3, 0.4) is 0 Å². The molecule has 0 heterocycles. The van der Waals surface area contributed by atoms with Crippen LogP contribution >= 0.6 is 0 Å². The molecule has 2 rings (SSSR count). The van der Waals surface area contributed by atoms with Gasteiger partial charge in [-0.05, 0) is 42.5 Å². The van der Waals surface area contributed by atoms with E-state index in [1.807, 2.05) is 0 Å². The van der Waals surface area contributed by atoms with E-state index in [2.05, 4.69) is 0 Å². The molecule has 98 valence electrons. The second-order valence-corrected chi connectivity index (χ2v) is 3.90. The first-order chi connectivity index (χ1) is 9.10. The topological polar surface area (TPSA) is 87.6 Å². The maximum atomic E-state index is 11.1. The van der Waals surface area contributed by atoms with E-state index in [4.69, 9.17) is 20.9 Å². The molecular weight excluding hydrogens is 244 g/mol. The number of hydrogen-bond acceptors (Lipinski definition) is 4. The van der Waals surface area contributed by atoms with E-state index >= 15 is 0 Å². The van der Waals surface area contributed by atoms with Crippen LogP contribution in [-0.2, 0) is 0 Å². The Morgan fingerprint density at radius 1 is 1.05 bits per heavy atom. The van der Waals surface area contributed by atoms with Crippen molar-refractivity contribution in [1.29, 1.82) is 0 Å². The summed E-state index contributed by atoms with van der Waals surface area (Å²) in [5.41, 5.74) is 11.8. The predicted octanol–water partition coefficient (Wildman–Crippen LogP) is 2.17. The molecule has 0 spiro atoms. The Morgan fingerprint density at radius 2 is 1.74 bits per heavy atom. The van der Waals surface area contributed by atoms with Crippen molar-refractivity contribution in [2.24, 2.45) is 5.73 Å². The van der Waals surface area contributed by atoms with Crippen molar-refractivity contribution in [1.82, 2.24) is 0 Å². The van der Waals surface area contributed by atoms with Gasteiger partial charge in [0.1, 0.15) is 5.75 Å². The number of ether oxygens (including phenoxy) is 2. The number of nitrogens with two attached hydrogens (primary N) is 2. The summed E-state index contributed by atoms with van der Waals surface area (Å²) in [6.07, 6.45) is 0. The minimum atomic E-state index is -0.516. The standard InChI is InChI=1S/C14H14N2O3/c1-18-13-8-9(14(16)17)2-7-12(13)19-11-5-3-10(15)4-6-11/h2-8H,15H2,1H3,(H2,16,17). The summed E-state index contributed by atoms with van der Waals surface area (Å²) in [4.78, 5) is 11.1. The van der Waals surface area contributed by atoms with Crippen LogP contribution in [-0.4, -0.2) is 13.0 Å². The summed E-state index contributed by atoms with van der Waals surface area (Å²) in [5.74, 6) is 1.04. The molecular formula is C14H14N2O3. The van der Waals surface area contributed by atoms with Crippen LogP contribution in [0.2, 0.25) is 0 Å². The van der Waals surface area contributed by atoms with Gasteiger partial charge in [-0.1, -0.05) is 0 Å². The third-order valence-electron chi connectivity index (χ3n) is 2.56. The second-order valence-electron chi connectivity index (χ2n) is 3.90. The molecule has 5 nitrogen and oxygen atoms in total. The Kier molecular flexibility index (Phi) is 3.56. The molecule has 0 atom stereocenters. The number of hydrogen-bond donors (Lipinski definition) is 2. The van der Waals surface area contributed by atoms with E-state index in [0.717, 1.165) is 0 Å². The third-order valence-corrected chi connectivity index (χ3v) is 2.56. The van der Waals surface area contributed by atoms with Gasteiger partial charge in [-0.25, -0.2) is 0 Å². The maximum Gasteiger partial charge on any atom is 0.248 e. The van der Waals surface area contributed by atoms with Gasteiger partial charge < -0.3 is 20.9 Å². The lowest BCUT2D eigenvalue weighted by atomic mass is 10.2. The van der Waals surface area contributed by atoms with Crippen molar-refractivity contribution in [3.8, 4) is 17.2 Å². The van der Waals surface area contributed by atoms with Crippen molar-refractivity contribution >= 4 is 11.6 Å². The predicted molar refractivity (Wildman–Crippen MR) is 72.4 cm³/mol. The largest absolute Gasteiger partial charge is 0.493 e. The fourth-order valence-electron chi connectivity index (χ4n) is 1.57. The molecule has 2 aromatic rings. The van der Waals surface area contributed by atoms with Crippen molar-refractivity contribution in [3.63, 3.8) is 0 Å². The molecule has 0 saturated heterocycles. The fourth-order valence-corrected chi connectivity index (χ4v) is 1.57. The lowest BCUT2D eigenvalue weighted by Crippen LogP contribution is -2.10. The van der Waals surface area contributed by atoms with Crippen molar-refractivity contribution < 1.29 is 14.3 Å². The normalized spacial score (nSPS) is 9.95. The molecule has 5 heteroatoms. The van der Waals surface area contributed by atoms with E-state index in [9.17, 15) is 4.79 Å². The first-order valence-electron chi connectivity index (χ1n) is 5.61. The molecule has 0 unspecified atom stereocenters. The van der Waals surface area contributed by atoms with Gasteiger partial charge in [0.2, 0.25) is 5.91 Å². The molecule has 0 aliphatic rings. The van der Waals surface area contributed by atoms with Crippen LogP contribution in [0.25, 0.3) is 0 Å². The van der Waals surface area contributed by atoms with E-state index in [0.29, 0.717) is 28.5 Å². The summed E-state index contributed by atoms with van der Waals surface area (Å²) in [7, 11) is 1.50. The summed E-state index contributed by atoms with van der Waals surface area (Å²) in [6.45, 7) is 0. The van der Waals surface area contributed by atoms with Crippen LogP contribution in [0.15, 0.2) is 42.5 Å². The summed E-state index contributed by atoms with van der Waals surface area (Å²) in [5, 5.41) is 0. The molecule has 0 aliphatic carbocycles. The molecule has 0 saturated carbocycles. The molecule has 0 radical (unpaired) electrons. The van der Waals surface area contributed by atoms with Gasteiger partial charge in [0.05, 0.1) is 7.11 Å². The summed E-state index contributed by atoms with van der Waals surface area (Å²) in [6, 6.07) is 11.7. The number of benzene rings is 2. The van der Waals surface area contributed by atoms with Gasteiger partial charge in [0.25, 0.3) is 0 Å². The van der Waals surface area contributed by atoms with Gasteiger partial charge in [0.15, 0.2) is 11.5 Å². The number of amides is 1. The molecule has 0 aliphatic heterocycles. The van der Waals surface area contributed by atoms with Crippen LogP contribution in [0, 0.1) is 0 Å². The Bertz CT molecular complexity index is 594. The van der Waals surface area contributed by atoms with Crippen molar-refractivity contribution in [3.05, 3.63) is 48.0 Å². The average molecular weight is 258 g/mol. The van der Waals surface area contributed by atoms with Gasteiger partial charge in [0, 0.05) is 11.3 Å². The van der Waals surface area contributed by atoms with Crippen LogP contribution in [0.5, 0.6) is 17.2 Å². The SMILES string of the molecule is COc1cc(C(N)=O)ccc1Oc1ccc(N)cc1. The molecule has 4 N–H and O–H groups in total. The van der Waals surface area contributed by atoms with E-state index < -0.39 is 5.91 Å². The van der Waals surface area contributed by atoms with E-state index in [-0.39, 0.29) is 0 Å². The van der Waals surface area contributed by atoms with E-state index in [1.54, 1.807) is 36.4 Å². The number of carbonyl (C=O) groups excluding carboxylic acids is 1. The van der Waals surface area contributed by atoms with Gasteiger partial charge in [-0.2, -0.15) is 0 Å². The molecule has 0 fully saturated rings. The third kappa shape index (κ3) is 2.95. The molecule has 1 amide bonds. The van der Waals surface area contributed by atoms with Crippen LogP contribution < -0.4 is 20.9 Å². The Hall–Kier alpha value is -2.69. The second kappa shape index (κ2) is 5.30. The number of nitrogen functional groups attached to an aromatic ring is 1. The molecule has 0 aromatic heterocycles. The first-order valence-corrected chi connectivity index (χ1v) is 5.61. The fraction of sp³-hybridized carbons (Fsp3) is 0.0714. The van der Waals surface area contributed by atoms with Gasteiger partial charge in [-0.15, -0.1) is 0 Å².